The third kappa shape index (κ3) is 3.92. The summed E-state index contributed by atoms with van der Waals surface area (Å²) in [5.74, 6) is 0.218. The topological polar surface area (TPSA) is 158 Å². The first-order valence-corrected chi connectivity index (χ1v) is 11.2. The average Bonchev–Trinajstić information content (AvgIpc) is 3.29. The number of hydrogen-bond acceptors (Lipinski definition) is 8. The standard InChI is InChI=1S/C24H26N8O2/c1-12-5-6-17-16(11-28-32-17)18(12)20-19(25)21(22(26)33)31-24(30-20)15-4-3-8-27-23(15)29-14-7-9-34-13(2)10-14/h3-6,8,11,13-14H,7,9-10,25H2,1-2H3,(H2,26,33)(H,27,29)(H,28,32)/t13-,14-/m1/s1. The highest BCUT2D eigenvalue weighted by atomic mass is 16.5. The van der Waals surface area contributed by atoms with Crippen LogP contribution in [0.25, 0.3) is 33.5 Å². The van der Waals surface area contributed by atoms with Crippen LogP contribution < -0.4 is 16.8 Å². The second-order valence-corrected chi connectivity index (χ2v) is 8.56. The van der Waals surface area contributed by atoms with Crippen molar-refractivity contribution >= 4 is 28.3 Å². The SMILES string of the molecule is Cc1ccc2[nH]ncc2c1-c1nc(-c2cccnc2N[C@@H]2CCO[C@H](C)C2)nc(C(N)=O)c1N. The number of benzene rings is 1. The third-order valence-electron chi connectivity index (χ3n) is 6.12. The summed E-state index contributed by atoms with van der Waals surface area (Å²) in [6.45, 7) is 4.69. The minimum Gasteiger partial charge on any atom is -0.395 e. The summed E-state index contributed by atoms with van der Waals surface area (Å²) in [5.41, 5.74) is 15.8. The lowest BCUT2D eigenvalue weighted by molar-refractivity contribution is 0.0232. The Kier molecular flexibility index (Phi) is 5.58. The smallest absolute Gasteiger partial charge is 0.269 e. The number of nitrogens with two attached hydrogens (primary N) is 2. The Morgan fingerprint density at radius 1 is 1.26 bits per heavy atom. The lowest BCUT2D eigenvalue weighted by atomic mass is 9.99. The van der Waals surface area contributed by atoms with Crippen LogP contribution in [-0.2, 0) is 4.74 Å². The molecule has 3 aromatic heterocycles. The maximum absolute atomic E-state index is 12.3. The molecular weight excluding hydrogens is 432 g/mol. The van der Waals surface area contributed by atoms with Crippen molar-refractivity contribution in [3.63, 3.8) is 0 Å². The van der Waals surface area contributed by atoms with E-state index in [0.717, 1.165) is 34.9 Å². The molecule has 0 spiro atoms. The summed E-state index contributed by atoms with van der Waals surface area (Å²) in [6.07, 6.45) is 5.31. The van der Waals surface area contributed by atoms with Crippen LogP contribution in [-0.4, -0.2) is 49.8 Å². The van der Waals surface area contributed by atoms with Crippen LogP contribution in [0.2, 0.25) is 0 Å². The number of rotatable bonds is 5. The van der Waals surface area contributed by atoms with Crippen LogP contribution in [0.15, 0.2) is 36.7 Å². The molecule has 10 nitrogen and oxygen atoms in total. The molecule has 0 bridgehead atoms. The van der Waals surface area contributed by atoms with Gasteiger partial charge in [-0.15, -0.1) is 0 Å². The van der Waals surface area contributed by atoms with Crippen LogP contribution in [0.3, 0.4) is 0 Å². The molecule has 10 heteroatoms. The van der Waals surface area contributed by atoms with Crippen molar-refractivity contribution in [3.8, 4) is 22.6 Å². The predicted octanol–water partition coefficient (Wildman–Crippen LogP) is 3.05. The van der Waals surface area contributed by atoms with Crippen molar-refractivity contribution in [3.05, 3.63) is 47.9 Å². The van der Waals surface area contributed by atoms with Gasteiger partial charge in [0.05, 0.1) is 34.8 Å². The molecule has 1 fully saturated rings. The largest absolute Gasteiger partial charge is 0.395 e. The van der Waals surface area contributed by atoms with Crippen molar-refractivity contribution in [1.29, 1.82) is 0 Å². The number of aromatic nitrogens is 5. The van der Waals surface area contributed by atoms with E-state index in [1.165, 1.54) is 0 Å². The number of primary amides is 1. The van der Waals surface area contributed by atoms with Crippen LogP contribution in [0.5, 0.6) is 0 Å². The molecular formula is C24H26N8O2. The van der Waals surface area contributed by atoms with Gasteiger partial charge in [-0.05, 0) is 50.5 Å². The molecule has 6 N–H and O–H groups in total. The van der Waals surface area contributed by atoms with Gasteiger partial charge in [0.15, 0.2) is 11.5 Å². The molecule has 2 atom stereocenters. The van der Waals surface area contributed by atoms with Crippen molar-refractivity contribution in [1.82, 2.24) is 25.1 Å². The number of pyridine rings is 1. The highest BCUT2D eigenvalue weighted by Gasteiger charge is 2.24. The Labute approximate surface area is 196 Å². The van der Waals surface area contributed by atoms with Gasteiger partial charge in [-0.3, -0.25) is 9.89 Å². The first-order chi connectivity index (χ1) is 16.4. The van der Waals surface area contributed by atoms with E-state index < -0.39 is 5.91 Å². The molecule has 0 aliphatic carbocycles. The van der Waals surface area contributed by atoms with Crippen LogP contribution in [0.1, 0.15) is 35.8 Å². The number of aromatic amines is 1. The fourth-order valence-corrected chi connectivity index (χ4v) is 4.43. The van der Waals surface area contributed by atoms with Gasteiger partial charge < -0.3 is 21.5 Å². The van der Waals surface area contributed by atoms with Crippen LogP contribution in [0, 0.1) is 6.92 Å². The Morgan fingerprint density at radius 2 is 2.12 bits per heavy atom. The van der Waals surface area contributed by atoms with Crippen molar-refractivity contribution < 1.29 is 9.53 Å². The Morgan fingerprint density at radius 3 is 2.91 bits per heavy atom. The highest BCUT2D eigenvalue weighted by Crippen LogP contribution is 2.36. The molecule has 0 unspecified atom stereocenters. The first kappa shape index (κ1) is 21.8. The van der Waals surface area contributed by atoms with Gasteiger partial charge in [0.2, 0.25) is 0 Å². The number of fused-ring (bicyclic) bond motifs is 1. The number of anilines is 2. The number of amides is 1. The first-order valence-electron chi connectivity index (χ1n) is 11.2. The van der Waals surface area contributed by atoms with E-state index in [2.05, 4.69) is 32.4 Å². The van der Waals surface area contributed by atoms with E-state index >= 15 is 0 Å². The highest BCUT2D eigenvalue weighted by molar-refractivity contribution is 6.04. The molecule has 4 heterocycles. The minimum absolute atomic E-state index is 0.0330. The Balaban J connectivity index is 1.67. The Bertz CT molecular complexity index is 1380. The predicted molar refractivity (Wildman–Crippen MR) is 130 cm³/mol. The van der Waals surface area contributed by atoms with Crippen LogP contribution >= 0.6 is 0 Å². The molecule has 174 valence electrons. The Hall–Kier alpha value is -4.05. The van der Waals surface area contributed by atoms with E-state index in [-0.39, 0.29) is 23.5 Å². The molecule has 1 aromatic carbocycles. The maximum Gasteiger partial charge on any atom is 0.269 e. The molecule has 0 saturated carbocycles. The molecule has 1 aliphatic heterocycles. The summed E-state index contributed by atoms with van der Waals surface area (Å²) in [4.78, 5) is 26.1. The van der Waals surface area contributed by atoms with Gasteiger partial charge in [-0.25, -0.2) is 15.0 Å². The second kappa shape index (κ2) is 8.71. The fraction of sp³-hybridized carbons (Fsp3) is 0.292. The average molecular weight is 459 g/mol. The monoisotopic (exact) mass is 458 g/mol. The molecule has 4 aromatic rings. The number of carbonyl (C=O) groups is 1. The van der Waals surface area contributed by atoms with E-state index in [1.54, 1.807) is 18.5 Å². The normalized spacial score (nSPS) is 18.2. The van der Waals surface area contributed by atoms with Gasteiger partial charge in [-0.2, -0.15) is 5.10 Å². The fourth-order valence-electron chi connectivity index (χ4n) is 4.43. The van der Waals surface area contributed by atoms with Crippen molar-refractivity contribution in [2.24, 2.45) is 5.73 Å². The maximum atomic E-state index is 12.3. The number of hydrogen-bond donors (Lipinski definition) is 4. The van der Waals surface area contributed by atoms with Gasteiger partial charge in [-0.1, -0.05) is 6.07 Å². The van der Waals surface area contributed by atoms with Gasteiger partial charge in [0.25, 0.3) is 5.91 Å². The number of nitrogen functional groups attached to an aromatic ring is 1. The second-order valence-electron chi connectivity index (χ2n) is 8.56. The number of aryl methyl sites for hydroxylation is 1. The zero-order chi connectivity index (χ0) is 23.8. The molecule has 34 heavy (non-hydrogen) atoms. The summed E-state index contributed by atoms with van der Waals surface area (Å²) >= 11 is 0. The summed E-state index contributed by atoms with van der Waals surface area (Å²) < 4.78 is 5.66. The van der Waals surface area contributed by atoms with Gasteiger partial charge in [0, 0.05) is 29.8 Å². The molecule has 1 saturated heterocycles. The number of nitrogens with zero attached hydrogens (tertiary/aromatic N) is 4. The third-order valence-corrected chi connectivity index (χ3v) is 6.12. The summed E-state index contributed by atoms with van der Waals surface area (Å²) in [7, 11) is 0. The quantitative estimate of drug-likeness (QED) is 0.355. The van der Waals surface area contributed by atoms with Crippen molar-refractivity contribution in [2.45, 2.75) is 38.8 Å². The summed E-state index contributed by atoms with van der Waals surface area (Å²) in [5, 5.41) is 11.5. The number of nitrogens with one attached hydrogen (secondary N) is 2. The molecule has 5 rings (SSSR count). The van der Waals surface area contributed by atoms with Crippen molar-refractivity contribution in [2.75, 3.05) is 17.7 Å². The summed E-state index contributed by atoms with van der Waals surface area (Å²) in [6, 6.07) is 7.75. The zero-order valence-corrected chi connectivity index (χ0v) is 19.0. The number of ether oxygens (including phenoxy) is 1. The molecule has 1 aliphatic rings. The number of carbonyl (C=O) groups excluding carboxylic acids is 1. The minimum atomic E-state index is -0.726. The van der Waals surface area contributed by atoms with E-state index in [1.807, 2.05) is 25.1 Å². The van der Waals surface area contributed by atoms with Gasteiger partial charge in [0.1, 0.15) is 5.82 Å². The van der Waals surface area contributed by atoms with Crippen LogP contribution in [0.4, 0.5) is 11.5 Å². The lowest BCUT2D eigenvalue weighted by Gasteiger charge is -2.28. The van der Waals surface area contributed by atoms with E-state index in [0.29, 0.717) is 29.5 Å². The lowest BCUT2D eigenvalue weighted by Crippen LogP contribution is -2.33. The number of H-pyrrole nitrogens is 1. The van der Waals surface area contributed by atoms with E-state index in [9.17, 15) is 4.79 Å². The molecule has 1 amide bonds. The van der Waals surface area contributed by atoms with Gasteiger partial charge >= 0.3 is 0 Å². The van der Waals surface area contributed by atoms with E-state index in [4.69, 9.17) is 21.2 Å². The molecule has 0 radical (unpaired) electrons. The zero-order valence-electron chi connectivity index (χ0n) is 19.0.